The summed E-state index contributed by atoms with van der Waals surface area (Å²) in [4.78, 5) is 0. The molecule has 4 heteroatoms. The van der Waals surface area contributed by atoms with Gasteiger partial charge in [-0.2, -0.15) is 11.8 Å². The highest BCUT2D eigenvalue weighted by Gasteiger charge is 2.35. The SMILES string of the molecule is CSC1(CNc2cccc(Cl)c2N)CCC1. The molecule has 0 unspecified atom stereocenters. The van der Waals surface area contributed by atoms with Crippen LogP contribution in [0.4, 0.5) is 11.4 Å². The van der Waals surface area contributed by atoms with Crippen LogP contribution in [0, 0.1) is 0 Å². The molecule has 0 heterocycles. The number of halogens is 1. The number of benzene rings is 1. The maximum Gasteiger partial charge on any atom is 0.0739 e. The van der Waals surface area contributed by atoms with Crippen molar-refractivity contribution in [2.24, 2.45) is 0 Å². The standard InChI is InChI=1S/C12H17ClN2S/c1-16-12(6-3-7-12)8-15-10-5-2-4-9(13)11(10)14/h2,4-5,15H,3,6-8,14H2,1H3. The molecule has 2 rings (SSSR count). The van der Waals surface area contributed by atoms with Gasteiger partial charge in [-0.1, -0.05) is 24.1 Å². The van der Waals surface area contributed by atoms with E-state index in [1.807, 2.05) is 30.0 Å². The van der Waals surface area contributed by atoms with Crippen molar-refractivity contribution in [3.05, 3.63) is 23.2 Å². The third-order valence-corrected chi connectivity index (χ3v) is 5.10. The number of nitrogens with one attached hydrogen (secondary N) is 1. The van der Waals surface area contributed by atoms with Gasteiger partial charge >= 0.3 is 0 Å². The maximum atomic E-state index is 5.98. The molecule has 0 radical (unpaired) electrons. The molecule has 0 spiro atoms. The number of nitrogen functional groups attached to an aromatic ring is 1. The number of para-hydroxylation sites is 1. The Labute approximate surface area is 106 Å². The van der Waals surface area contributed by atoms with Gasteiger partial charge in [0.2, 0.25) is 0 Å². The van der Waals surface area contributed by atoms with Crippen LogP contribution in [-0.2, 0) is 0 Å². The minimum absolute atomic E-state index is 0.411. The number of rotatable bonds is 4. The van der Waals surface area contributed by atoms with Crippen LogP contribution in [0.25, 0.3) is 0 Å². The number of nitrogens with two attached hydrogens (primary N) is 1. The Balaban J connectivity index is 2.02. The summed E-state index contributed by atoms with van der Waals surface area (Å²) in [7, 11) is 0. The number of hydrogen-bond acceptors (Lipinski definition) is 3. The fraction of sp³-hybridized carbons (Fsp3) is 0.500. The van der Waals surface area contributed by atoms with Crippen LogP contribution in [0.1, 0.15) is 19.3 Å². The van der Waals surface area contributed by atoms with Crippen LogP contribution in [0.2, 0.25) is 5.02 Å². The minimum Gasteiger partial charge on any atom is -0.396 e. The van der Waals surface area contributed by atoms with E-state index < -0.39 is 0 Å². The zero-order valence-corrected chi connectivity index (χ0v) is 11.0. The third kappa shape index (κ3) is 2.25. The number of hydrogen-bond donors (Lipinski definition) is 2. The molecule has 1 aliphatic carbocycles. The first-order valence-corrected chi connectivity index (χ1v) is 7.10. The molecule has 16 heavy (non-hydrogen) atoms. The lowest BCUT2D eigenvalue weighted by Gasteiger charge is -2.40. The molecule has 88 valence electrons. The molecule has 3 N–H and O–H groups in total. The highest BCUT2D eigenvalue weighted by Crippen LogP contribution is 2.43. The first-order valence-electron chi connectivity index (χ1n) is 5.50. The van der Waals surface area contributed by atoms with Crippen molar-refractivity contribution < 1.29 is 0 Å². The van der Waals surface area contributed by atoms with Crippen LogP contribution in [0.3, 0.4) is 0 Å². The largest absolute Gasteiger partial charge is 0.396 e. The van der Waals surface area contributed by atoms with E-state index in [1.165, 1.54) is 19.3 Å². The zero-order valence-electron chi connectivity index (χ0n) is 9.42. The summed E-state index contributed by atoms with van der Waals surface area (Å²) in [6.45, 7) is 0.971. The van der Waals surface area contributed by atoms with Crippen molar-refractivity contribution in [2.45, 2.75) is 24.0 Å². The van der Waals surface area contributed by atoms with Gasteiger partial charge in [-0.15, -0.1) is 0 Å². The Hall–Kier alpha value is -0.540. The molecule has 1 aromatic carbocycles. The maximum absolute atomic E-state index is 5.98. The summed E-state index contributed by atoms with van der Waals surface area (Å²) in [5.74, 6) is 0. The highest BCUT2D eigenvalue weighted by atomic mass is 35.5. The van der Waals surface area contributed by atoms with E-state index in [2.05, 4.69) is 11.6 Å². The number of thioether (sulfide) groups is 1. The van der Waals surface area contributed by atoms with E-state index in [9.17, 15) is 0 Å². The van der Waals surface area contributed by atoms with Crippen molar-refractivity contribution in [1.29, 1.82) is 0 Å². The molecule has 0 atom stereocenters. The Morgan fingerprint density at radius 3 is 2.81 bits per heavy atom. The lowest BCUT2D eigenvalue weighted by molar-refractivity contribution is 0.380. The van der Waals surface area contributed by atoms with Gasteiger partial charge in [-0.05, 0) is 31.2 Å². The van der Waals surface area contributed by atoms with Gasteiger partial charge in [-0.25, -0.2) is 0 Å². The van der Waals surface area contributed by atoms with Crippen LogP contribution in [-0.4, -0.2) is 17.5 Å². The fourth-order valence-corrected chi connectivity index (χ4v) is 3.06. The average Bonchev–Trinajstić information content (AvgIpc) is 2.23. The van der Waals surface area contributed by atoms with Gasteiger partial charge < -0.3 is 11.1 Å². The van der Waals surface area contributed by atoms with Crippen molar-refractivity contribution in [1.82, 2.24) is 0 Å². The summed E-state index contributed by atoms with van der Waals surface area (Å²) in [6, 6.07) is 5.72. The van der Waals surface area contributed by atoms with Crippen LogP contribution in [0.5, 0.6) is 0 Å². The predicted molar refractivity (Wildman–Crippen MR) is 74.5 cm³/mol. The van der Waals surface area contributed by atoms with Crippen LogP contribution in [0.15, 0.2) is 18.2 Å². The van der Waals surface area contributed by atoms with E-state index in [0.29, 0.717) is 15.5 Å². The Morgan fingerprint density at radius 1 is 1.50 bits per heavy atom. The van der Waals surface area contributed by atoms with E-state index in [4.69, 9.17) is 17.3 Å². The quantitative estimate of drug-likeness (QED) is 0.808. The summed E-state index contributed by atoms with van der Waals surface area (Å²) < 4.78 is 0.411. The van der Waals surface area contributed by atoms with E-state index >= 15 is 0 Å². The van der Waals surface area contributed by atoms with Gasteiger partial charge in [0.15, 0.2) is 0 Å². The summed E-state index contributed by atoms with van der Waals surface area (Å²) >= 11 is 7.93. The lowest BCUT2D eigenvalue weighted by atomic mass is 9.84. The fourth-order valence-electron chi connectivity index (χ4n) is 1.97. The molecule has 0 aromatic heterocycles. The molecule has 1 saturated carbocycles. The van der Waals surface area contributed by atoms with Crippen molar-refractivity contribution >= 4 is 34.7 Å². The molecule has 0 bridgehead atoms. The second-order valence-corrected chi connectivity index (χ2v) is 5.98. The molecular weight excluding hydrogens is 240 g/mol. The van der Waals surface area contributed by atoms with E-state index in [0.717, 1.165) is 12.2 Å². The zero-order chi connectivity index (χ0) is 11.6. The number of anilines is 2. The summed E-state index contributed by atoms with van der Waals surface area (Å²) in [6.07, 6.45) is 6.11. The molecule has 0 saturated heterocycles. The molecular formula is C12H17ClN2S. The van der Waals surface area contributed by atoms with Gasteiger partial charge in [0.25, 0.3) is 0 Å². The normalized spacial score (nSPS) is 17.9. The van der Waals surface area contributed by atoms with Crippen LogP contribution >= 0.6 is 23.4 Å². The van der Waals surface area contributed by atoms with E-state index in [-0.39, 0.29) is 0 Å². The Kier molecular flexibility index (Phi) is 3.55. The van der Waals surface area contributed by atoms with Gasteiger partial charge in [0.05, 0.1) is 16.4 Å². The molecule has 1 aromatic rings. The molecule has 1 aliphatic rings. The van der Waals surface area contributed by atoms with E-state index in [1.54, 1.807) is 0 Å². The monoisotopic (exact) mass is 256 g/mol. The summed E-state index contributed by atoms with van der Waals surface area (Å²) in [5.41, 5.74) is 7.52. The van der Waals surface area contributed by atoms with Crippen molar-refractivity contribution in [3.63, 3.8) is 0 Å². The summed E-state index contributed by atoms with van der Waals surface area (Å²) in [5, 5.41) is 4.04. The Morgan fingerprint density at radius 2 is 2.25 bits per heavy atom. The second-order valence-electron chi connectivity index (χ2n) is 4.30. The molecule has 1 fully saturated rings. The van der Waals surface area contributed by atoms with Crippen molar-refractivity contribution in [2.75, 3.05) is 23.9 Å². The van der Waals surface area contributed by atoms with Crippen LogP contribution < -0.4 is 11.1 Å². The first-order chi connectivity index (χ1) is 7.67. The predicted octanol–water partition coefficient (Wildman–Crippen LogP) is 3.62. The van der Waals surface area contributed by atoms with Crippen molar-refractivity contribution in [3.8, 4) is 0 Å². The van der Waals surface area contributed by atoms with Gasteiger partial charge in [0, 0.05) is 11.3 Å². The third-order valence-electron chi connectivity index (χ3n) is 3.35. The average molecular weight is 257 g/mol. The Bertz CT molecular complexity index is 372. The molecule has 0 amide bonds. The van der Waals surface area contributed by atoms with Gasteiger partial charge in [0.1, 0.15) is 0 Å². The minimum atomic E-state index is 0.411. The second kappa shape index (κ2) is 4.76. The van der Waals surface area contributed by atoms with Gasteiger partial charge in [-0.3, -0.25) is 0 Å². The lowest BCUT2D eigenvalue weighted by Crippen LogP contribution is -2.40. The molecule has 0 aliphatic heterocycles. The smallest absolute Gasteiger partial charge is 0.0739 e. The highest BCUT2D eigenvalue weighted by molar-refractivity contribution is 8.00. The topological polar surface area (TPSA) is 38.0 Å². The first kappa shape index (κ1) is 11.9. The molecule has 2 nitrogen and oxygen atoms in total.